The highest BCUT2D eigenvalue weighted by atomic mass is 32.1. The van der Waals surface area contributed by atoms with Crippen LogP contribution >= 0.6 is 11.3 Å². The average molecular weight is 293 g/mol. The predicted octanol–water partition coefficient (Wildman–Crippen LogP) is 3.28. The van der Waals surface area contributed by atoms with Crippen LogP contribution in [0.25, 0.3) is 0 Å². The third-order valence-corrected chi connectivity index (χ3v) is 5.81. The molecule has 1 fully saturated rings. The molecule has 2 heterocycles. The lowest BCUT2D eigenvalue weighted by atomic mass is 9.93. The van der Waals surface area contributed by atoms with Crippen LogP contribution in [0.5, 0.6) is 0 Å². The summed E-state index contributed by atoms with van der Waals surface area (Å²) in [5, 5.41) is 12.6. The quantitative estimate of drug-likeness (QED) is 0.929. The van der Waals surface area contributed by atoms with Crippen LogP contribution in [0.3, 0.4) is 0 Å². The fourth-order valence-electron chi connectivity index (χ4n) is 3.73. The average Bonchev–Trinajstić information content (AvgIpc) is 3.05. The second-order valence-corrected chi connectivity index (χ2v) is 7.17. The summed E-state index contributed by atoms with van der Waals surface area (Å²) in [7, 11) is 0. The molecule has 1 aromatic heterocycles. The van der Waals surface area contributed by atoms with E-state index in [1.807, 2.05) is 4.90 Å². The summed E-state index contributed by atoms with van der Waals surface area (Å²) in [5.41, 5.74) is 0.597. The molecule has 1 amide bonds. The zero-order valence-corrected chi connectivity index (χ0v) is 12.9. The Bertz CT molecular complexity index is 490. The largest absolute Gasteiger partial charge is 0.389 e. The first-order valence-electron chi connectivity index (χ1n) is 7.71. The number of fused-ring (bicyclic) bond motifs is 1. The van der Waals surface area contributed by atoms with Gasteiger partial charge in [0.2, 0.25) is 5.91 Å². The highest BCUT2D eigenvalue weighted by molar-refractivity contribution is 7.10. The molecule has 1 aliphatic heterocycles. The van der Waals surface area contributed by atoms with Crippen LogP contribution in [0.15, 0.2) is 11.4 Å². The number of carbonyl (C=O) groups excluding carboxylic acids is 1. The zero-order valence-electron chi connectivity index (χ0n) is 12.1. The van der Waals surface area contributed by atoms with E-state index in [4.69, 9.17) is 0 Å². The van der Waals surface area contributed by atoms with Crippen molar-refractivity contribution in [3.63, 3.8) is 0 Å². The van der Waals surface area contributed by atoms with Gasteiger partial charge in [-0.05, 0) is 42.7 Å². The molecule has 1 aromatic rings. The number of amides is 1. The summed E-state index contributed by atoms with van der Waals surface area (Å²) in [6.45, 7) is 2.95. The zero-order chi connectivity index (χ0) is 14.2. The summed E-state index contributed by atoms with van der Waals surface area (Å²) in [4.78, 5) is 16.1. The molecule has 1 unspecified atom stereocenters. The van der Waals surface area contributed by atoms with Crippen LogP contribution in [0.2, 0.25) is 0 Å². The Labute approximate surface area is 124 Å². The minimum absolute atomic E-state index is 0.137. The Morgan fingerprint density at radius 2 is 2.25 bits per heavy atom. The first-order chi connectivity index (χ1) is 9.63. The normalized spacial score (nSPS) is 24.7. The maximum Gasteiger partial charge on any atom is 0.225 e. The van der Waals surface area contributed by atoms with Crippen molar-refractivity contribution in [1.82, 2.24) is 4.90 Å². The molecule has 0 bridgehead atoms. The van der Waals surface area contributed by atoms with E-state index in [1.54, 1.807) is 11.3 Å². The Hall–Kier alpha value is -0.870. The van der Waals surface area contributed by atoms with E-state index in [-0.39, 0.29) is 11.9 Å². The van der Waals surface area contributed by atoms with Crippen molar-refractivity contribution in [3.8, 4) is 0 Å². The van der Waals surface area contributed by atoms with Crippen molar-refractivity contribution < 1.29 is 9.90 Å². The molecule has 0 spiro atoms. The van der Waals surface area contributed by atoms with Gasteiger partial charge in [-0.25, -0.2) is 0 Å². The molecule has 1 atom stereocenters. The van der Waals surface area contributed by atoms with Gasteiger partial charge in [-0.1, -0.05) is 19.8 Å². The third-order valence-electron chi connectivity index (χ3n) is 4.82. The highest BCUT2D eigenvalue weighted by Gasteiger charge is 2.37. The van der Waals surface area contributed by atoms with Gasteiger partial charge >= 0.3 is 0 Å². The van der Waals surface area contributed by atoms with Gasteiger partial charge in [-0.2, -0.15) is 0 Å². The van der Waals surface area contributed by atoms with E-state index in [0.717, 1.165) is 45.1 Å². The molecule has 1 saturated carbocycles. The Kier molecular flexibility index (Phi) is 3.87. The molecule has 0 aromatic carbocycles. The van der Waals surface area contributed by atoms with Crippen LogP contribution < -0.4 is 0 Å². The topological polar surface area (TPSA) is 40.5 Å². The summed E-state index contributed by atoms with van der Waals surface area (Å²) in [6.07, 6.45) is 5.90. The van der Waals surface area contributed by atoms with E-state index in [9.17, 15) is 9.90 Å². The number of hydrogen-bond acceptors (Lipinski definition) is 3. The van der Waals surface area contributed by atoms with Gasteiger partial charge in [0.25, 0.3) is 0 Å². The Morgan fingerprint density at radius 1 is 1.50 bits per heavy atom. The molecule has 110 valence electrons. The number of rotatable bonds is 3. The van der Waals surface area contributed by atoms with Gasteiger partial charge in [0.1, 0.15) is 0 Å². The Morgan fingerprint density at radius 3 is 2.95 bits per heavy atom. The van der Waals surface area contributed by atoms with Gasteiger partial charge in [-0.15, -0.1) is 11.3 Å². The van der Waals surface area contributed by atoms with Crippen molar-refractivity contribution in [2.24, 2.45) is 0 Å². The predicted molar refractivity (Wildman–Crippen MR) is 80.8 cm³/mol. The summed E-state index contributed by atoms with van der Waals surface area (Å²) in [5.74, 6) is 0.137. The van der Waals surface area contributed by atoms with Crippen molar-refractivity contribution in [1.29, 1.82) is 0 Å². The maximum atomic E-state index is 12.6. The van der Waals surface area contributed by atoms with Gasteiger partial charge in [0.15, 0.2) is 0 Å². The number of aliphatic hydroxyl groups is 1. The number of nitrogens with zero attached hydrogens (tertiary/aromatic N) is 1. The lowest BCUT2D eigenvalue weighted by Gasteiger charge is -2.37. The molecule has 3 rings (SSSR count). The van der Waals surface area contributed by atoms with Gasteiger partial charge in [0.05, 0.1) is 18.1 Å². The molecular formula is C16H23NO2S. The van der Waals surface area contributed by atoms with Crippen molar-refractivity contribution in [3.05, 3.63) is 21.9 Å². The van der Waals surface area contributed by atoms with Gasteiger partial charge < -0.3 is 10.0 Å². The van der Waals surface area contributed by atoms with Crippen LogP contribution in [0, 0.1) is 0 Å². The molecule has 1 N–H and O–H groups in total. The van der Waals surface area contributed by atoms with Crippen LogP contribution in [0.4, 0.5) is 0 Å². The Balaban J connectivity index is 1.75. The first kappa shape index (κ1) is 14.1. The van der Waals surface area contributed by atoms with E-state index in [2.05, 4.69) is 18.4 Å². The second-order valence-electron chi connectivity index (χ2n) is 6.17. The molecule has 2 aliphatic rings. The number of hydrogen-bond donors (Lipinski definition) is 1. The minimum atomic E-state index is -0.732. The second kappa shape index (κ2) is 5.49. The molecule has 0 saturated heterocycles. The summed E-state index contributed by atoms with van der Waals surface area (Å²) >= 11 is 1.80. The maximum absolute atomic E-state index is 12.6. The molecular weight excluding hydrogens is 270 g/mol. The van der Waals surface area contributed by atoms with Crippen molar-refractivity contribution >= 4 is 17.2 Å². The number of thiophene rings is 1. The van der Waals surface area contributed by atoms with E-state index < -0.39 is 5.60 Å². The minimum Gasteiger partial charge on any atom is -0.389 e. The molecule has 4 heteroatoms. The molecule has 3 nitrogen and oxygen atoms in total. The fourth-order valence-corrected chi connectivity index (χ4v) is 4.66. The molecule has 20 heavy (non-hydrogen) atoms. The smallest absolute Gasteiger partial charge is 0.225 e. The molecule has 1 aliphatic carbocycles. The van der Waals surface area contributed by atoms with Crippen LogP contribution in [-0.2, 0) is 11.2 Å². The van der Waals surface area contributed by atoms with E-state index in [1.165, 1.54) is 10.4 Å². The van der Waals surface area contributed by atoms with Crippen molar-refractivity contribution in [2.45, 2.75) is 63.5 Å². The lowest BCUT2D eigenvalue weighted by Crippen LogP contribution is -2.43. The number of carbonyl (C=O) groups is 1. The van der Waals surface area contributed by atoms with Crippen LogP contribution in [-0.4, -0.2) is 28.1 Å². The highest BCUT2D eigenvalue weighted by Crippen LogP contribution is 2.38. The van der Waals surface area contributed by atoms with E-state index >= 15 is 0 Å². The summed E-state index contributed by atoms with van der Waals surface area (Å²) in [6, 6.07) is 2.38. The van der Waals surface area contributed by atoms with Crippen LogP contribution in [0.1, 0.15) is 61.9 Å². The first-order valence-corrected chi connectivity index (χ1v) is 8.59. The fraction of sp³-hybridized carbons (Fsp3) is 0.688. The SMILES string of the molecule is CCC1c2ccsc2CCN1C(=O)CC1(O)CCCC1. The van der Waals surface area contributed by atoms with Crippen molar-refractivity contribution in [2.75, 3.05) is 6.54 Å². The van der Waals surface area contributed by atoms with E-state index in [0.29, 0.717) is 6.42 Å². The van der Waals surface area contributed by atoms with Gasteiger partial charge in [-0.3, -0.25) is 4.79 Å². The molecule has 0 radical (unpaired) electrons. The third kappa shape index (κ3) is 2.51. The standard InChI is InChI=1S/C16H23NO2S/c1-2-13-12-6-10-20-14(12)5-9-17(13)15(18)11-16(19)7-3-4-8-16/h6,10,13,19H,2-5,7-9,11H2,1H3. The monoisotopic (exact) mass is 293 g/mol. The summed E-state index contributed by atoms with van der Waals surface area (Å²) < 4.78 is 0. The lowest BCUT2D eigenvalue weighted by molar-refractivity contribution is -0.139. The van der Waals surface area contributed by atoms with Gasteiger partial charge in [0, 0.05) is 11.4 Å².